The molecule has 0 aliphatic heterocycles. The average Bonchev–Trinajstić information content (AvgIpc) is 2.73. The fraction of sp³-hybridized carbons (Fsp3) is 0.467. The van der Waals surface area contributed by atoms with Crippen molar-refractivity contribution in [3.63, 3.8) is 0 Å². The van der Waals surface area contributed by atoms with Crippen molar-refractivity contribution >= 4 is 11.0 Å². The molecule has 0 amide bonds. The molecule has 1 heterocycles. The Morgan fingerprint density at radius 2 is 2.28 bits per heavy atom. The molecule has 0 bridgehead atoms. The number of benzene rings is 1. The molecule has 2 nitrogen and oxygen atoms in total. The maximum atomic E-state index is 13.6. The van der Waals surface area contributed by atoms with Gasteiger partial charge in [0.05, 0.1) is 0 Å². The zero-order valence-electron chi connectivity index (χ0n) is 10.6. The summed E-state index contributed by atoms with van der Waals surface area (Å²) in [6.45, 7) is 4.14. The summed E-state index contributed by atoms with van der Waals surface area (Å²) >= 11 is 0. The van der Waals surface area contributed by atoms with Crippen molar-refractivity contribution in [2.45, 2.75) is 25.7 Å². The van der Waals surface area contributed by atoms with Crippen LogP contribution in [0.2, 0.25) is 0 Å². The van der Waals surface area contributed by atoms with Crippen LogP contribution in [0.5, 0.6) is 0 Å². The van der Waals surface area contributed by atoms with Crippen LogP contribution in [0, 0.1) is 11.7 Å². The fourth-order valence-corrected chi connectivity index (χ4v) is 2.75. The summed E-state index contributed by atoms with van der Waals surface area (Å²) in [4.78, 5) is 0. The number of halogens is 1. The largest absolute Gasteiger partial charge is 0.458 e. The van der Waals surface area contributed by atoms with Crippen LogP contribution >= 0.6 is 0 Å². The predicted molar refractivity (Wildman–Crippen MR) is 70.2 cm³/mol. The van der Waals surface area contributed by atoms with Gasteiger partial charge in [-0.2, -0.15) is 0 Å². The Bertz CT molecular complexity index is 548. The Morgan fingerprint density at radius 3 is 2.94 bits per heavy atom. The average molecular weight is 247 g/mol. The van der Waals surface area contributed by atoms with Gasteiger partial charge in [-0.3, -0.25) is 0 Å². The number of rotatable bonds is 4. The first-order valence-corrected chi connectivity index (χ1v) is 6.68. The molecule has 1 saturated carbocycles. The highest BCUT2D eigenvalue weighted by Crippen LogP contribution is 2.43. The molecule has 1 N–H and O–H groups in total. The molecular formula is C15H18FNO. The van der Waals surface area contributed by atoms with E-state index < -0.39 is 0 Å². The first-order chi connectivity index (χ1) is 8.79. The molecule has 1 aliphatic rings. The van der Waals surface area contributed by atoms with Gasteiger partial charge in [-0.05, 0) is 44.0 Å². The monoisotopic (exact) mass is 247 g/mol. The van der Waals surface area contributed by atoms with Gasteiger partial charge in [0.2, 0.25) is 0 Å². The number of hydrogen-bond acceptors (Lipinski definition) is 2. The van der Waals surface area contributed by atoms with Crippen LogP contribution in [0.15, 0.2) is 28.7 Å². The summed E-state index contributed by atoms with van der Waals surface area (Å²) in [5.41, 5.74) is 0.404. The number of nitrogens with one attached hydrogen (secondary N) is 1. The molecule has 1 aliphatic carbocycles. The number of hydrogen-bond donors (Lipinski definition) is 1. The smallest absolute Gasteiger partial charge is 0.169 e. The first kappa shape index (κ1) is 11.7. The summed E-state index contributed by atoms with van der Waals surface area (Å²) in [6.07, 6.45) is 2.38. The van der Waals surface area contributed by atoms with Gasteiger partial charge < -0.3 is 9.73 Å². The second kappa shape index (κ2) is 4.73. The van der Waals surface area contributed by atoms with Crippen molar-refractivity contribution in [2.24, 2.45) is 5.92 Å². The van der Waals surface area contributed by atoms with E-state index in [1.807, 2.05) is 12.1 Å². The third-order valence-electron chi connectivity index (χ3n) is 3.95. The Kier molecular flexibility index (Phi) is 3.08. The van der Waals surface area contributed by atoms with E-state index in [4.69, 9.17) is 4.42 Å². The highest BCUT2D eigenvalue weighted by molar-refractivity contribution is 5.78. The highest BCUT2D eigenvalue weighted by Gasteiger charge is 2.34. The number of fused-ring (bicyclic) bond motifs is 1. The minimum atomic E-state index is -0.263. The van der Waals surface area contributed by atoms with E-state index in [2.05, 4.69) is 12.2 Å². The zero-order chi connectivity index (χ0) is 12.5. The molecule has 0 saturated heterocycles. The van der Waals surface area contributed by atoms with Crippen molar-refractivity contribution in [1.82, 2.24) is 5.32 Å². The van der Waals surface area contributed by atoms with E-state index in [1.165, 1.54) is 12.5 Å². The van der Waals surface area contributed by atoms with Crippen LogP contribution in [0.3, 0.4) is 0 Å². The standard InChI is InChI=1S/C15H18FNO/c1-2-17-9-11-6-7-12(11)14-8-10-4-3-5-13(16)15(10)18-14/h3-5,8,11-12,17H,2,6-7,9H2,1H3. The third kappa shape index (κ3) is 1.93. The molecule has 96 valence electrons. The van der Waals surface area contributed by atoms with Crippen molar-refractivity contribution in [3.8, 4) is 0 Å². The molecular weight excluding hydrogens is 229 g/mol. The normalized spacial score (nSPS) is 23.2. The molecule has 2 unspecified atom stereocenters. The van der Waals surface area contributed by atoms with Crippen molar-refractivity contribution in [2.75, 3.05) is 13.1 Å². The van der Waals surface area contributed by atoms with Crippen LogP contribution in [-0.4, -0.2) is 13.1 Å². The van der Waals surface area contributed by atoms with Crippen LogP contribution in [-0.2, 0) is 0 Å². The highest BCUT2D eigenvalue weighted by atomic mass is 19.1. The lowest BCUT2D eigenvalue weighted by Gasteiger charge is -2.35. The molecule has 18 heavy (non-hydrogen) atoms. The summed E-state index contributed by atoms with van der Waals surface area (Å²) in [5, 5.41) is 4.25. The zero-order valence-corrected chi connectivity index (χ0v) is 10.6. The third-order valence-corrected chi connectivity index (χ3v) is 3.95. The van der Waals surface area contributed by atoms with Gasteiger partial charge in [-0.25, -0.2) is 4.39 Å². The van der Waals surface area contributed by atoms with Gasteiger partial charge in [0, 0.05) is 11.3 Å². The van der Waals surface area contributed by atoms with Crippen molar-refractivity contribution < 1.29 is 8.81 Å². The van der Waals surface area contributed by atoms with Gasteiger partial charge in [0.15, 0.2) is 11.4 Å². The molecule has 3 heteroatoms. The Balaban J connectivity index is 1.84. The van der Waals surface area contributed by atoms with Crippen LogP contribution in [0.25, 0.3) is 11.0 Å². The maximum Gasteiger partial charge on any atom is 0.169 e. The lowest BCUT2D eigenvalue weighted by Crippen LogP contribution is -2.33. The summed E-state index contributed by atoms with van der Waals surface area (Å²) in [5.74, 6) is 1.77. The minimum Gasteiger partial charge on any atom is -0.458 e. The molecule has 1 aromatic carbocycles. The SMILES string of the molecule is CCNCC1CCC1c1cc2cccc(F)c2o1. The van der Waals surface area contributed by atoms with E-state index in [9.17, 15) is 4.39 Å². The van der Waals surface area contributed by atoms with E-state index in [0.717, 1.165) is 30.7 Å². The Morgan fingerprint density at radius 1 is 1.39 bits per heavy atom. The Hall–Kier alpha value is -1.35. The van der Waals surface area contributed by atoms with E-state index in [1.54, 1.807) is 6.07 Å². The summed E-state index contributed by atoms with van der Waals surface area (Å²) < 4.78 is 19.3. The molecule has 0 radical (unpaired) electrons. The van der Waals surface area contributed by atoms with E-state index >= 15 is 0 Å². The lowest BCUT2D eigenvalue weighted by atomic mass is 9.72. The fourth-order valence-electron chi connectivity index (χ4n) is 2.75. The van der Waals surface area contributed by atoms with Crippen molar-refractivity contribution in [1.29, 1.82) is 0 Å². The molecule has 1 aromatic heterocycles. The summed E-state index contributed by atoms with van der Waals surface area (Å²) in [6, 6.07) is 7.09. The quantitative estimate of drug-likeness (QED) is 0.891. The second-order valence-electron chi connectivity index (χ2n) is 5.06. The predicted octanol–water partition coefficient (Wildman–Crippen LogP) is 3.68. The molecule has 2 atom stereocenters. The molecule has 0 spiro atoms. The van der Waals surface area contributed by atoms with Crippen molar-refractivity contribution in [3.05, 3.63) is 35.8 Å². The number of para-hydroxylation sites is 1. The maximum absolute atomic E-state index is 13.6. The molecule has 3 rings (SSSR count). The van der Waals surface area contributed by atoms with Gasteiger partial charge >= 0.3 is 0 Å². The molecule has 1 fully saturated rings. The topological polar surface area (TPSA) is 25.2 Å². The van der Waals surface area contributed by atoms with E-state index in [0.29, 0.717) is 17.4 Å². The minimum absolute atomic E-state index is 0.263. The second-order valence-corrected chi connectivity index (χ2v) is 5.06. The van der Waals surface area contributed by atoms with Crippen LogP contribution < -0.4 is 5.32 Å². The van der Waals surface area contributed by atoms with Gasteiger partial charge in [-0.1, -0.05) is 19.1 Å². The van der Waals surface area contributed by atoms with Gasteiger partial charge in [0.25, 0.3) is 0 Å². The Labute approximate surface area is 106 Å². The lowest BCUT2D eigenvalue weighted by molar-refractivity contribution is 0.219. The van der Waals surface area contributed by atoms with Crippen LogP contribution in [0.4, 0.5) is 4.39 Å². The van der Waals surface area contributed by atoms with Crippen LogP contribution in [0.1, 0.15) is 31.4 Å². The van der Waals surface area contributed by atoms with Gasteiger partial charge in [0.1, 0.15) is 5.76 Å². The van der Waals surface area contributed by atoms with Gasteiger partial charge in [-0.15, -0.1) is 0 Å². The summed E-state index contributed by atoms with van der Waals surface area (Å²) in [7, 11) is 0. The number of furan rings is 1. The van der Waals surface area contributed by atoms with E-state index in [-0.39, 0.29) is 5.82 Å². The molecule has 2 aromatic rings. The first-order valence-electron chi connectivity index (χ1n) is 6.68.